The molecule has 3 amide bonds. The minimum Gasteiger partial charge on any atom is -0.329 e. The van der Waals surface area contributed by atoms with Gasteiger partial charge in [0.05, 0.1) is 12.1 Å². The van der Waals surface area contributed by atoms with E-state index in [1.165, 1.54) is 24.3 Å². The zero-order chi connectivity index (χ0) is 23.3. The van der Waals surface area contributed by atoms with E-state index in [4.69, 9.17) is 0 Å². The van der Waals surface area contributed by atoms with Crippen LogP contribution in [0.4, 0.5) is 10.1 Å². The summed E-state index contributed by atoms with van der Waals surface area (Å²) >= 11 is 0. The highest BCUT2D eigenvalue weighted by molar-refractivity contribution is 6.23. The van der Waals surface area contributed by atoms with E-state index in [2.05, 4.69) is 27.7 Å². The van der Waals surface area contributed by atoms with E-state index < -0.39 is 17.8 Å². The first kappa shape index (κ1) is 22.2. The van der Waals surface area contributed by atoms with Crippen LogP contribution in [0.2, 0.25) is 0 Å². The Labute approximate surface area is 188 Å². The molecule has 1 heterocycles. The molecule has 5 nitrogen and oxygen atoms in total. The minimum atomic E-state index is -0.851. The van der Waals surface area contributed by atoms with Crippen LogP contribution in [0.25, 0.3) is 0 Å². The summed E-state index contributed by atoms with van der Waals surface area (Å²) in [7, 11) is 0. The number of amides is 3. The van der Waals surface area contributed by atoms with Crippen molar-refractivity contribution in [3.05, 3.63) is 66.0 Å². The quantitative estimate of drug-likeness (QED) is 0.638. The fraction of sp³-hybridized carbons (Fsp3) is 0.423. The molecule has 2 aliphatic rings. The average molecular weight is 437 g/mol. The predicted molar refractivity (Wildman–Crippen MR) is 120 cm³/mol. The number of carbonyl (C=O) groups is 3. The molecule has 2 aromatic rings. The summed E-state index contributed by atoms with van der Waals surface area (Å²) in [4.78, 5) is 42.5. The van der Waals surface area contributed by atoms with Gasteiger partial charge in [0, 0.05) is 12.5 Å². The van der Waals surface area contributed by atoms with Crippen LogP contribution < -0.4 is 4.90 Å². The monoisotopic (exact) mass is 436 g/mol. The third-order valence-electron chi connectivity index (χ3n) is 7.62. The van der Waals surface area contributed by atoms with E-state index in [9.17, 15) is 18.8 Å². The zero-order valence-electron chi connectivity index (χ0n) is 19.0. The molecule has 4 rings (SSSR count). The van der Waals surface area contributed by atoms with Crippen molar-refractivity contribution in [3.8, 4) is 0 Å². The van der Waals surface area contributed by atoms with Gasteiger partial charge in [-0.25, -0.2) is 9.29 Å². The molecule has 0 spiro atoms. The largest absolute Gasteiger partial charge is 0.329 e. The molecule has 2 aromatic carbocycles. The first-order chi connectivity index (χ1) is 15.1. The number of benzene rings is 2. The van der Waals surface area contributed by atoms with Crippen LogP contribution >= 0.6 is 0 Å². The second kappa shape index (κ2) is 7.84. The Balaban J connectivity index is 1.62. The predicted octanol–water partition coefficient (Wildman–Crippen LogP) is 4.21. The van der Waals surface area contributed by atoms with Crippen molar-refractivity contribution >= 4 is 23.4 Å². The number of nitrogens with zero attached hydrogens (tertiary/aromatic N) is 2. The first-order valence-corrected chi connectivity index (χ1v) is 11.0. The highest BCUT2D eigenvalue weighted by Crippen LogP contribution is 2.69. The number of anilines is 1. The van der Waals surface area contributed by atoms with E-state index in [0.29, 0.717) is 18.7 Å². The van der Waals surface area contributed by atoms with Gasteiger partial charge in [0.2, 0.25) is 11.8 Å². The number of carbonyl (C=O) groups excluding carboxylic acids is 3. The molecule has 0 bridgehead atoms. The van der Waals surface area contributed by atoms with Crippen LogP contribution in [0, 0.1) is 22.6 Å². The van der Waals surface area contributed by atoms with Gasteiger partial charge in [-0.3, -0.25) is 14.4 Å². The molecule has 1 aliphatic heterocycles. The van der Waals surface area contributed by atoms with Crippen molar-refractivity contribution in [3.63, 3.8) is 0 Å². The lowest BCUT2D eigenvalue weighted by Gasteiger charge is -2.29. The maximum absolute atomic E-state index is 13.7. The SMILES string of the molecule is CC1(C)C(C(=O)N(CCc2ccccc2)C2CC(=O)N(c3ccc(F)cc3)C2=O)C1(C)C. The summed E-state index contributed by atoms with van der Waals surface area (Å²) in [6, 6.07) is 14.2. The Hall–Kier alpha value is -3.02. The first-order valence-electron chi connectivity index (χ1n) is 11.0. The Bertz CT molecular complexity index is 1030. The van der Waals surface area contributed by atoms with Crippen LogP contribution in [-0.4, -0.2) is 35.2 Å². The van der Waals surface area contributed by atoms with Crippen molar-refractivity contribution in [2.24, 2.45) is 16.7 Å². The highest BCUT2D eigenvalue weighted by Gasteiger charge is 2.69. The molecule has 32 heavy (non-hydrogen) atoms. The van der Waals surface area contributed by atoms with Crippen LogP contribution in [-0.2, 0) is 20.8 Å². The minimum absolute atomic E-state index is 0.0652. The molecule has 1 saturated heterocycles. The molecule has 1 saturated carbocycles. The second-order valence-electron chi connectivity index (χ2n) is 9.91. The van der Waals surface area contributed by atoms with Crippen LogP contribution in [0.3, 0.4) is 0 Å². The molecular weight excluding hydrogens is 407 g/mol. The Kier molecular flexibility index (Phi) is 5.43. The molecular formula is C26H29FN2O3. The molecule has 1 aliphatic carbocycles. The fourth-order valence-electron chi connectivity index (χ4n) is 5.01. The van der Waals surface area contributed by atoms with Crippen molar-refractivity contribution < 1.29 is 18.8 Å². The van der Waals surface area contributed by atoms with E-state index in [1.54, 1.807) is 4.90 Å². The van der Waals surface area contributed by atoms with Crippen LogP contribution in [0.15, 0.2) is 54.6 Å². The Morgan fingerprint density at radius 1 is 1.00 bits per heavy atom. The summed E-state index contributed by atoms with van der Waals surface area (Å²) in [6.45, 7) is 8.62. The molecule has 0 N–H and O–H groups in total. The third kappa shape index (κ3) is 3.61. The van der Waals surface area contributed by atoms with Gasteiger partial charge in [0.25, 0.3) is 5.91 Å². The molecule has 6 heteroatoms. The summed E-state index contributed by atoms with van der Waals surface area (Å²) in [5.74, 6) is -1.54. The smallest absolute Gasteiger partial charge is 0.257 e. The zero-order valence-corrected chi connectivity index (χ0v) is 19.0. The van der Waals surface area contributed by atoms with E-state index in [1.807, 2.05) is 30.3 Å². The fourth-order valence-corrected chi connectivity index (χ4v) is 5.01. The molecule has 0 radical (unpaired) electrons. The van der Waals surface area contributed by atoms with Gasteiger partial charge in [0.15, 0.2) is 0 Å². The number of hydrogen-bond acceptors (Lipinski definition) is 3. The van der Waals surface area contributed by atoms with Gasteiger partial charge in [-0.05, 0) is 47.1 Å². The summed E-state index contributed by atoms with van der Waals surface area (Å²) < 4.78 is 13.3. The lowest BCUT2D eigenvalue weighted by molar-refractivity contribution is -0.140. The van der Waals surface area contributed by atoms with Gasteiger partial charge >= 0.3 is 0 Å². The number of rotatable bonds is 6. The van der Waals surface area contributed by atoms with Gasteiger partial charge in [-0.1, -0.05) is 58.0 Å². The summed E-state index contributed by atoms with van der Waals surface area (Å²) in [6.07, 6.45) is 0.527. The van der Waals surface area contributed by atoms with Crippen molar-refractivity contribution in [2.75, 3.05) is 11.4 Å². The van der Waals surface area contributed by atoms with Gasteiger partial charge in [-0.2, -0.15) is 0 Å². The lowest BCUT2D eigenvalue weighted by atomic mass is 10.0. The van der Waals surface area contributed by atoms with Gasteiger partial charge in [0.1, 0.15) is 11.9 Å². The van der Waals surface area contributed by atoms with Crippen molar-refractivity contribution in [2.45, 2.75) is 46.6 Å². The Morgan fingerprint density at radius 2 is 1.59 bits per heavy atom. The van der Waals surface area contributed by atoms with E-state index >= 15 is 0 Å². The standard InChI is InChI=1S/C26H29FN2O3/c1-25(2)22(26(25,3)4)24(32)28(15-14-17-8-6-5-7-9-17)20-16-21(30)29(23(20)31)19-12-10-18(27)11-13-19/h5-13,20,22H,14-16H2,1-4H3. The van der Waals surface area contributed by atoms with Crippen LogP contribution in [0.1, 0.15) is 39.7 Å². The number of imide groups is 1. The van der Waals surface area contributed by atoms with E-state index in [-0.39, 0.29) is 35.0 Å². The molecule has 1 unspecified atom stereocenters. The maximum Gasteiger partial charge on any atom is 0.257 e. The lowest BCUT2D eigenvalue weighted by Crippen LogP contribution is -2.47. The maximum atomic E-state index is 13.7. The molecule has 2 fully saturated rings. The van der Waals surface area contributed by atoms with E-state index in [0.717, 1.165) is 10.5 Å². The summed E-state index contributed by atoms with van der Waals surface area (Å²) in [5.41, 5.74) is 1.02. The second-order valence-corrected chi connectivity index (χ2v) is 9.91. The molecule has 0 aromatic heterocycles. The van der Waals surface area contributed by atoms with Gasteiger partial charge < -0.3 is 4.90 Å². The van der Waals surface area contributed by atoms with Crippen molar-refractivity contribution in [1.29, 1.82) is 0 Å². The molecule has 168 valence electrons. The average Bonchev–Trinajstić information content (AvgIpc) is 2.98. The highest BCUT2D eigenvalue weighted by atomic mass is 19.1. The van der Waals surface area contributed by atoms with Gasteiger partial charge in [-0.15, -0.1) is 0 Å². The molecule has 1 atom stereocenters. The Morgan fingerprint density at radius 3 is 2.16 bits per heavy atom. The van der Waals surface area contributed by atoms with Crippen molar-refractivity contribution in [1.82, 2.24) is 4.90 Å². The normalized spacial score (nSPS) is 21.7. The summed E-state index contributed by atoms with van der Waals surface area (Å²) in [5, 5.41) is 0. The van der Waals surface area contributed by atoms with Crippen LogP contribution in [0.5, 0.6) is 0 Å². The number of hydrogen-bond donors (Lipinski definition) is 0. The number of halogens is 1. The topological polar surface area (TPSA) is 57.7 Å². The third-order valence-corrected chi connectivity index (χ3v) is 7.62.